The van der Waals surface area contributed by atoms with Crippen LogP contribution in [0.5, 0.6) is 0 Å². The first-order chi connectivity index (χ1) is 11.1. The van der Waals surface area contributed by atoms with Crippen molar-refractivity contribution in [1.82, 2.24) is 35.3 Å². The molecule has 0 radical (unpaired) electrons. The van der Waals surface area contributed by atoms with Gasteiger partial charge in [0.1, 0.15) is 10.8 Å². The fraction of sp³-hybridized carbons (Fsp3) is 0.0769. The van der Waals surface area contributed by atoms with Crippen molar-refractivity contribution in [3.8, 4) is 5.95 Å². The zero-order valence-electron chi connectivity index (χ0n) is 11.5. The average Bonchev–Trinajstić information content (AvgIpc) is 3.03. The molecule has 3 aromatic rings. The zero-order chi connectivity index (χ0) is 16.2. The van der Waals surface area contributed by atoms with Gasteiger partial charge < -0.3 is 5.32 Å². The summed E-state index contributed by atoms with van der Waals surface area (Å²) in [6.07, 6.45) is 4.96. The molecule has 0 aliphatic carbocycles. The number of halogens is 2. The van der Waals surface area contributed by atoms with Crippen molar-refractivity contribution >= 4 is 17.5 Å². The van der Waals surface area contributed by atoms with Gasteiger partial charge in [0.25, 0.3) is 11.9 Å². The van der Waals surface area contributed by atoms with Gasteiger partial charge in [-0.25, -0.2) is 19.3 Å². The fourth-order valence-corrected chi connectivity index (χ4v) is 1.80. The number of rotatable bonds is 4. The van der Waals surface area contributed by atoms with Gasteiger partial charge >= 0.3 is 0 Å². The van der Waals surface area contributed by atoms with E-state index in [9.17, 15) is 9.18 Å². The number of aromatic nitrogens is 6. The number of hydrogen-bond donors (Lipinski definition) is 1. The summed E-state index contributed by atoms with van der Waals surface area (Å²) in [7, 11) is 0. The van der Waals surface area contributed by atoms with Gasteiger partial charge in [0, 0.05) is 6.20 Å². The molecule has 0 unspecified atom stereocenters. The van der Waals surface area contributed by atoms with Crippen LogP contribution in [0, 0.1) is 5.82 Å². The van der Waals surface area contributed by atoms with Crippen LogP contribution >= 0.6 is 11.6 Å². The molecule has 1 N–H and O–H groups in total. The summed E-state index contributed by atoms with van der Waals surface area (Å²) in [6, 6.07) is 3.09. The van der Waals surface area contributed by atoms with Crippen LogP contribution in [0.1, 0.15) is 16.1 Å². The van der Waals surface area contributed by atoms with Gasteiger partial charge in [-0.05, 0) is 12.1 Å². The molecule has 0 fully saturated rings. The molecule has 3 rings (SSSR count). The molecule has 8 nitrogen and oxygen atoms in total. The van der Waals surface area contributed by atoms with Crippen molar-refractivity contribution in [3.63, 3.8) is 0 Å². The first-order valence-electron chi connectivity index (χ1n) is 6.41. The highest BCUT2D eigenvalue weighted by Crippen LogP contribution is 2.06. The summed E-state index contributed by atoms with van der Waals surface area (Å²) in [6.45, 7) is 0.155. The predicted octanol–water partition coefficient (Wildman–Crippen LogP) is 1.17. The van der Waals surface area contributed by atoms with Crippen LogP contribution in [0.2, 0.25) is 5.15 Å². The topological polar surface area (TPSA) is 98.5 Å². The van der Waals surface area contributed by atoms with Crippen LogP contribution in [0.4, 0.5) is 4.39 Å². The van der Waals surface area contributed by atoms with Crippen LogP contribution in [0.25, 0.3) is 5.95 Å². The Morgan fingerprint density at radius 2 is 2.00 bits per heavy atom. The third-order valence-electron chi connectivity index (χ3n) is 2.77. The summed E-state index contributed by atoms with van der Waals surface area (Å²) in [5, 5.41) is 10.7. The Morgan fingerprint density at radius 3 is 2.70 bits per heavy atom. The predicted molar refractivity (Wildman–Crippen MR) is 77.3 cm³/mol. The maximum Gasteiger partial charge on any atom is 0.253 e. The van der Waals surface area contributed by atoms with Crippen molar-refractivity contribution in [2.24, 2.45) is 0 Å². The van der Waals surface area contributed by atoms with Crippen LogP contribution in [0.15, 0.2) is 36.9 Å². The fourth-order valence-electron chi connectivity index (χ4n) is 1.68. The number of amides is 1. The molecule has 0 aromatic carbocycles. The second-order valence-electron chi connectivity index (χ2n) is 4.41. The van der Waals surface area contributed by atoms with Crippen molar-refractivity contribution in [3.05, 3.63) is 59.1 Å². The van der Waals surface area contributed by atoms with Crippen molar-refractivity contribution in [1.29, 1.82) is 0 Å². The second-order valence-corrected chi connectivity index (χ2v) is 4.80. The number of nitrogens with one attached hydrogen (secondary N) is 1. The second kappa shape index (κ2) is 6.44. The molecule has 3 heterocycles. The van der Waals surface area contributed by atoms with Gasteiger partial charge in [-0.15, -0.1) is 5.10 Å². The van der Waals surface area contributed by atoms with Gasteiger partial charge in [0.15, 0.2) is 5.82 Å². The van der Waals surface area contributed by atoms with E-state index in [0.717, 1.165) is 12.4 Å². The summed E-state index contributed by atoms with van der Waals surface area (Å²) < 4.78 is 14.1. The number of carbonyl (C=O) groups excluding carboxylic acids is 1. The molecule has 3 aromatic heterocycles. The molecule has 0 saturated heterocycles. The Bertz CT molecular complexity index is 819. The van der Waals surface area contributed by atoms with E-state index in [0.29, 0.717) is 16.4 Å². The molecular weight excluding hydrogens is 325 g/mol. The molecule has 0 aliphatic rings. The number of carbonyl (C=O) groups is 1. The van der Waals surface area contributed by atoms with Crippen LogP contribution < -0.4 is 5.32 Å². The molecule has 116 valence electrons. The van der Waals surface area contributed by atoms with E-state index >= 15 is 0 Å². The minimum absolute atomic E-state index is 0.155. The molecule has 1 amide bonds. The Labute approximate surface area is 134 Å². The van der Waals surface area contributed by atoms with E-state index in [1.165, 1.54) is 23.1 Å². The highest BCUT2D eigenvalue weighted by Gasteiger charge is 2.09. The van der Waals surface area contributed by atoms with E-state index in [-0.39, 0.29) is 18.4 Å². The zero-order valence-corrected chi connectivity index (χ0v) is 12.3. The van der Waals surface area contributed by atoms with E-state index in [1.807, 2.05) is 0 Å². The Hall–Kier alpha value is -2.94. The Kier molecular flexibility index (Phi) is 4.20. The molecule has 0 spiro atoms. The monoisotopic (exact) mass is 333 g/mol. The Balaban J connectivity index is 1.64. The standard InChI is InChI=1S/C13H9ClFN7O/c14-11-2-1-8(3-16-11)12(23)17-6-10-7-22(21-20-10)13-18-4-9(15)5-19-13/h1-5,7H,6H2,(H,17,23). The molecule has 0 saturated carbocycles. The molecule has 0 aliphatic heterocycles. The number of pyridine rings is 1. The molecule has 10 heteroatoms. The summed E-state index contributed by atoms with van der Waals surface area (Å²) >= 11 is 5.66. The molecular formula is C13H9ClFN7O. The minimum Gasteiger partial charge on any atom is -0.346 e. The smallest absolute Gasteiger partial charge is 0.253 e. The lowest BCUT2D eigenvalue weighted by atomic mass is 10.2. The van der Waals surface area contributed by atoms with E-state index in [1.54, 1.807) is 6.07 Å². The third-order valence-corrected chi connectivity index (χ3v) is 3.00. The van der Waals surface area contributed by atoms with Crippen LogP contribution in [-0.4, -0.2) is 35.9 Å². The normalized spacial score (nSPS) is 10.5. The van der Waals surface area contributed by atoms with Gasteiger partial charge in [-0.2, -0.15) is 4.68 Å². The molecule has 0 atom stereocenters. The number of hydrogen-bond acceptors (Lipinski definition) is 6. The quantitative estimate of drug-likeness (QED) is 0.720. The lowest BCUT2D eigenvalue weighted by molar-refractivity contribution is 0.0950. The molecule has 0 bridgehead atoms. The van der Waals surface area contributed by atoms with E-state index < -0.39 is 5.82 Å². The first-order valence-corrected chi connectivity index (χ1v) is 6.78. The average molecular weight is 334 g/mol. The first kappa shape index (κ1) is 15.0. The minimum atomic E-state index is -0.544. The number of nitrogens with zero attached hydrogens (tertiary/aromatic N) is 6. The van der Waals surface area contributed by atoms with E-state index in [2.05, 4.69) is 30.6 Å². The highest BCUT2D eigenvalue weighted by atomic mass is 35.5. The maximum atomic E-state index is 12.8. The summed E-state index contributed by atoms with van der Waals surface area (Å²) in [5.74, 6) is -0.682. The summed E-state index contributed by atoms with van der Waals surface area (Å²) in [5.41, 5.74) is 0.872. The molecule has 23 heavy (non-hydrogen) atoms. The third kappa shape index (κ3) is 3.64. The summed E-state index contributed by atoms with van der Waals surface area (Å²) in [4.78, 5) is 23.3. The van der Waals surface area contributed by atoms with Gasteiger partial charge in [-0.3, -0.25) is 4.79 Å². The van der Waals surface area contributed by atoms with Gasteiger partial charge in [0.05, 0.1) is 30.7 Å². The van der Waals surface area contributed by atoms with Gasteiger partial charge in [-0.1, -0.05) is 16.8 Å². The lowest BCUT2D eigenvalue weighted by Crippen LogP contribution is -2.23. The Morgan fingerprint density at radius 1 is 1.22 bits per heavy atom. The van der Waals surface area contributed by atoms with Gasteiger partial charge in [0.2, 0.25) is 0 Å². The van der Waals surface area contributed by atoms with Crippen LogP contribution in [-0.2, 0) is 6.54 Å². The lowest BCUT2D eigenvalue weighted by Gasteiger charge is -2.02. The van der Waals surface area contributed by atoms with Crippen molar-refractivity contribution in [2.45, 2.75) is 6.54 Å². The SMILES string of the molecule is O=C(NCc1cn(-c2ncc(F)cn2)nn1)c1ccc(Cl)nc1. The maximum absolute atomic E-state index is 12.8. The highest BCUT2D eigenvalue weighted by molar-refractivity contribution is 6.29. The van der Waals surface area contributed by atoms with Crippen molar-refractivity contribution < 1.29 is 9.18 Å². The van der Waals surface area contributed by atoms with E-state index in [4.69, 9.17) is 11.6 Å². The van der Waals surface area contributed by atoms with Crippen molar-refractivity contribution in [2.75, 3.05) is 0 Å². The van der Waals surface area contributed by atoms with Crippen LogP contribution in [0.3, 0.4) is 0 Å². The largest absolute Gasteiger partial charge is 0.346 e.